The van der Waals surface area contributed by atoms with Gasteiger partial charge in [-0.1, -0.05) is 57.7 Å². The van der Waals surface area contributed by atoms with Gasteiger partial charge in [0, 0.05) is 36.3 Å². The summed E-state index contributed by atoms with van der Waals surface area (Å²) in [6, 6.07) is 12.5. The van der Waals surface area contributed by atoms with Crippen LogP contribution in [0.1, 0.15) is 81.0 Å². The first kappa shape index (κ1) is 45.2. The average molecular weight is 861 g/mol. The monoisotopic (exact) mass is 860 g/mol. The summed E-state index contributed by atoms with van der Waals surface area (Å²) in [7, 11) is 3.79. The smallest absolute Gasteiger partial charge is 0.409 e. The van der Waals surface area contributed by atoms with Crippen LogP contribution < -0.4 is 10.6 Å². The summed E-state index contributed by atoms with van der Waals surface area (Å²) in [4.78, 5) is 84.8. The molecule has 0 bridgehead atoms. The Morgan fingerprint density at radius 3 is 1.83 bits per heavy atom. The number of hydrogen-bond acceptors (Lipinski definition) is 11. The van der Waals surface area contributed by atoms with Crippen LogP contribution in [0.3, 0.4) is 0 Å². The van der Waals surface area contributed by atoms with Gasteiger partial charge in [0.05, 0.1) is 63.3 Å². The lowest BCUT2D eigenvalue weighted by molar-refractivity contribution is -0.139. The number of carbonyl (C=O) groups excluding carboxylic acids is 5. The number of alkyl carbamates (subject to hydrolysis) is 2. The van der Waals surface area contributed by atoms with Gasteiger partial charge in [0.1, 0.15) is 35.8 Å². The number of amides is 5. The molecule has 2 aliphatic rings. The molecule has 2 aromatic heterocycles. The van der Waals surface area contributed by atoms with Crippen LogP contribution in [0.5, 0.6) is 0 Å². The first-order valence-electron chi connectivity index (χ1n) is 20.7. The molecule has 18 heteroatoms. The summed E-state index contributed by atoms with van der Waals surface area (Å²) < 4.78 is 14.5. The molecule has 0 saturated carbocycles. The normalized spacial score (nSPS) is 17.0. The molecular formula is C45H52N10O8. The van der Waals surface area contributed by atoms with E-state index in [2.05, 4.69) is 48.5 Å². The number of nitriles is 1. The van der Waals surface area contributed by atoms with Gasteiger partial charge in [-0.15, -0.1) is 0 Å². The second kappa shape index (κ2) is 20.0. The van der Waals surface area contributed by atoms with Crippen LogP contribution in [0.2, 0.25) is 0 Å². The molecule has 2 aliphatic heterocycles. The largest absolute Gasteiger partial charge is 0.453 e. The second-order valence-corrected chi connectivity index (χ2v) is 15.9. The van der Waals surface area contributed by atoms with Crippen molar-refractivity contribution >= 4 is 30.1 Å². The highest BCUT2D eigenvalue weighted by atomic mass is 16.5. The third-order valence-corrected chi connectivity index (χ3v) is 11.2. The topological polar surface area (TPSA) is 228 Å². The van der Waals surface area contributed by atoms with Crippen LogP contribution in [-0.2, 0) is 23.8 Å². The molecule has 18 nitrogen and oxygen atoms in total. The van der Waals surface area contributed by atoms with E-state index in [-0.39, 0.29) is 49.3 Å². The van der Waals surface area contributed by atoms with Gasteiger partial charge < -0.3 is 49.5 Å². The van der Waals surface area contributed by atoms with Crippen molar-refractivity contribution in [2.75, 3.05) is 47.5 Å². The van der Waals surface area contributed by atoms with Crippen molar-refractivity contribution in [1.82, 2.24) is 45.3 Å². The lowest BCUT2D eigenvalue weighted by Gasteiger charge is -2.41. The van der Waals surface area contributed by atoms with E-state index in [0.717, 1.165) is 29.7 Å². The molecule has 2 fully saturated rings. The van der Waals surface area contributed by atoms with Crippen molar-refractivity contribution in [3.8, 4) is 40.4 Å². The molecule has 5 amide bonds. The van der Waals surface area contributed by atoms with Crippen LogP contribution in [0, 0.1) is 35.0 Å². The highest BCUT2D eigenvalue weighted by Crippen LogP contribution is 2.33. The van der Waals surface area contributed by atoms with Gasteiger partial charge >= 0.3 is 18.3 Å². The van der Waals surface area contributed by atoms with Crippen LogP contribution in [-0.4, -0.2) is 124 Å². The number of nitrogens with zero attached hydrogens (tertiary/aromatic N) is 6. The summed E-state index contributed by atoms with van der Waals surface area (Å²) in [5.74, 6) is 6.41. The molecule has 2 saturated heterocycles. The molecule has 330 valence electrons. The maximum Gasteiger partial charge on any atom is 0.409 e. The summed E-state index contributed by atoms with van der Waals surface area (Å²) in [5.41, 5.74) is 4.49. The van der Waals surface area contributed by atoms with Crippen molar-refractivity contribution in [2.24, 2.45) is 11.8 Å². The minimum atomic E-state index is -0.884. The Morgan fingerprint density at radius 2 is 1.27 bits per heavy atom. The number of carbonyl (C=O) groups is 5. The minimum absolute atomic E-state index is 0.0928. The predicted octanol–water partition coefficient (Wildman–Crippen LogP) is 5.11. The van der Waals surface area contributed by atoms with Crippen molar-refractivity contribution in [1.29, 1.82) is 5.26 Å². The number of aromatic amines is 2. The number of benzene rings is 2. The highest BCUT2D eigenvalue weighted by molar-refractivity contribution is 5.87. The number of H-pyrrole nitrogens is 2. The van der Waals surface area contributed by atoms with E-state index < -0.39 is 36.4 Å². The summed E-state index contributed by atoms with van der Waals surface area (Å²) in [5, 5.41) is 15.4. The predicted molar refractivity (Wildman–Crippen MR) is 229 cm³/mol. The minimum Gasteiger partial charge on any atom is -0.453 e. The molecule has 4 aromatic rings. The maximum atomic E-state index is 13.9. The molecule has 4 heterocycles. The molecule has 6 rings (SSSR count). The van der Waals surface area contributed by atoms with Crippen LogP contribution >= 0.6 is 0 Å². The van der Waals surface area contributed by atoms with Crippen molar-refractivity contribution in [2.45, 2.75) is 64.7 Å². The molecule has 4 N–H and O–H groups in total. The lowest BCUT2D eigenvalue weighted by Crippen LogP contribution is -2.58. The SMILES string of the molecule is COC(=O)N[C@H](C(=O)N1CCCC1c1ncc(-c2ccc(C#Cc3ccc(-c4cnc(C5CN(C(=O)OC)CCN5C(=O)[C@@H](NC(=O)OC)C(C)C)[nH]4)cc3C#N)cc2)[nH]1)C(C)C. The molecule has 0 aliphatic carbocycles. The molecular weight excluding hydrogens is 809 g/mol. The third-order valence-electron chi connectivity index (χ3n) is 11.2. The molecule has 2 unspecified atom stereocenters. The number of ether oxygens (including phenoxy) is 3. The Labute approximate surface area is 365 Å². The van der Waals surface area contributed by atoms with Crippen molar-refractivity contribution in [3.63, 3.8) is 0 Å². The highest BCUT2D eigenvalue weighted by Gasteiger charge is 2.40. The zero-order chi connectivity index (χ0) is 45.4. The fourth-order valence-corrected chi connectivity index (χ4v) is 7.74. The van der Waals surface area contributed by atoms with E-state index in [1.165, 1.54) is 26.2 Å². The van der Waals surface area contributed by atoms with E-state index in [1.807, 2.05) is 58.0 Å². The van der Waals surface area contributed by atoms with Gasteiger partial charge in [-0.3, -0.25) is 9.59 Å². The number of likely N-dealkylation sites (tertiary alicyclic amines) is 1. The number of aromatic nitrogens is 4. The lowest BCUT2D eigenvalue weighted by atomic mass is 10.0. The van der Waals surface area contributed by atoms with Gasteiger partial charge in [-0.2, -0.15) is 5.26 Å². The number of imidazole rings is 2. The Kier molecular flexibility index (Phi) is 14.4. The number of nitrogens with one attached hydrogen (secondary N) is 4. The zero-order valence-electron chi connectivity index (χ0n) is 36.4. The van der Waals surface area contributed by atoms with E-state index in [1.54, 1.807) is 34.3 Å². The second-order valence-electron chi connectivity index (χ2n) is 15.9. The number of piperazine rings is 1. The van der Waals surface area contributed by atoms with Crippen molar-refractivity contribution in [3.05, 3.63) is 83.2 Å². The maximum absolute atomic E-state index is 13.9. The fraction of sp³-hybridized carbons (Fsp3) is 0.422. The summed E-state index contributed by atoms with van der Waals surface area (Å²) in [6.45, 7) is 8.41. The molecule has 2 aromatic carbocycles. The molecule has 4 atom stereocenters. The van der Waals surface area contributed by atoms with Gasteiger partial charge in [0.15, 0.2) is 0 Å². The number of methoxy groups -OCH3 is 3. The van der Waals surface area contributed by atoms with Crippen molar-refractivity contribution < 1.29 is 38.2 Å². The van der Waals surface area contributed by atoms with Crippen LogP contribution in [0.25, 0.3) is 22.5 Å². The standard InChI is InChI=1S/C45H52N10O8/c1-26(2)37(51-43(58)61-5)41(56)54-18-8-9-35(54)39-47-23-33(49-39)30-14-11-28(12-15-30)10-13-29-16-17-31(21-32(29)22-46)34-24-48-40(50-34)36-25-53(45(60)63-7)19-20-55(36)42(57)38(27(3)4)52-44(59)62-6/h11-12,14-17,21,23-24,26-27,35-38H,8-9,18-20,25H2,1-7H3,(H,47,49)(H,48,50)(H,51,58)(H,52,59)/t35?,36?,37-,38-/m0/s1. The zero-order valence-corrected chi connectivity index (χ0v) is 36.4. The van der Waals surface area contributed by atoms with Gasteiger partial charge in [-0.25, -0.2) is 24.4 Å². The van der Waals surface area contributed by atoms with Crippen LogP contribution in [0.4, 0.5) is 14.4 Å². The first-order chi connectivity index (χ1) is 30.3. The van der Waals surface area contributed by atoms with E-state index in [4.69, 9.17) is 14.2 Å². The van der Waals surface area contributed by atoms with Gasteiger partial charge in [-0.05, 0) is 54.5 Å². The Morgan fingerprint density at radius 1 is 0.714 bits per heavy atom. The quantitative estimate of drug-likeness (QED) is 0.121. The summed E-state index contributed by atoms with van der Waals surface area (Å²) in [6.07, 6.45) is 2.96. The van der Waals surface area contributed by atoms with Gasteiger partial charge in [0.25, 0.3) is 0 Å². The molecule has 0 radical (unpaired) electrons. The van der Waals surface area contributed by atoms with E-state index >= 15 is 0 Å². The average Bonchev–Trinajstić information content (AvgIpc) is 4.10. The third kappa shape index (κ3) is 10.2. The Balaban J connectivity index is 1.16. The van der Waals surface area contributed by atoms with E-state index in [9.17, 15) is 29.2 Å². The Bertz CT molecular complexity index is 2420. The number of hydrogen-bond donors (Lipinski definition) is 4. The molecule has 0 spiro atoms. The molecule has 63 heavy (non-hydrogen) atoms. The van der Waals surface area contributed by atoms with Gasteiger partial charge in [0.2, 0.25) is 11.8 Å². The van der Waals surface area contributed by atoms with E-state index in [0.29, 0.717) is 40.6 Å². The number of rotatable bonds is 10. The fourth-order valence-electron chi connectivity index (χ4n) is 7.74. The first-order valence-corrected chi connectivity index (χ1v) is 20.7. The van der Waals surface area contributed by atoms with Crippen LogP contribution in [0.15, 0.2) is 54.9 Å². The summed E-state index contributed by atoms with van der Waals surface area (Å²) >= 11 is 0. The Hall–Kier alpha value is -7.34.